The molecule has 0 amide bonds. The SMILES string of the molecule is CN=C(NCCc1cccs1)NCc1cnc(C)s1.I. The summed E-state index contributed by atoms with van der Waals surface area (Å²) < 4.78 is 0. The van der Waals surface area contributed by atoms with Crippen LogP contribution in [0.4, 0.5) is 0 Å². The summed E-state index contributed by atoms with van der Waals surface area (Å²) in [6, 6.07) is 4.24. The van der Waals surface area contributed by atoms with E-state index in [9.17, 15) is 0 Å². The lowest BCUT2D eigenvalue weighted by Crippen LogP contribution is -2.37. The Morgan fingerprint density at radius 2 is 2.20 bits per heavy atom. The second kappa shape index (κ2) is 9.30. The van der Waals surface area contributed by atoms with Crippen LogP contribution in [0.2, 0.25) is 0 Å². The van der Waals surface area contributed by atoms with Crippen molar-refractivity contribution in [3.63, 3.8) is 0 Å². The number of nitrogens with zero attached hydrogens (tertiary/aromatic N) is 2. The number of nitrogens with one attached hydrogen (secondary N) is 2. The van der Waals surface area contributed by atoms with Crippen LogP contribution < -0.4 is 10.6 Å². The molecule has 0 aromatic carbocycles. The monoisotopic (exact) mass is 422 g/mol. The number of rotatable bonds is 5. The number of hydrogen-bond acceptors (Lipinski definition) is 4. The van der Waals surface area contributed by atoms with Gasteiger partial charge in [0.1, 0.15) is 0 Å². The quantitative estimate of drug-likeness (QED) is 0.443. The Labute approximate surface area is 144 Å². The van der Waals surface area contributed by atoms with Gasteiger partial charge in [-0.05, 0) is 24.8 Å². The van der Waals surface area contributed by atoms with Crippen LogP contribution in [0, 0.1) is 6.92 Å². The first-order valence-electron chi connectivity index (χ1n) is 6.16. The molecule has 2 heterocycles. The Bertz CT molecular complexity index is 522. The Kier molecular flexibility index (Phi) is 8.08. The van der Waals surface area contributed by atoms with Crippen LogP contribution in [-0.4, -0.2) is 24.5 Å². The Hall–Kier alpha value is -0.670. The Balaban J connectivity index is 0.00000200. The predicted octanol–water partition coefficient (Wildman–Crippen LogP) is 3.04. The molecule has 0 spiro atoms. The minimum absolute atomic E-state index is 0. The summed E-state index contributed by atoms with van der Waals surface area (Å²) in [4.78, 5) is 11.1. The van der Waals surface area contributed by atoms with Gasteiger partial charge in [0, 0.05) is 29.5 Å². The zero-order chi connectivity index (χ0) is 13.5. The molecule has 0 atom stereocenters. The second-order valence-corrected chi connectivity index (χ2v) is 6.38. The largest absolute Gasteiger partial charge is 0.356 e. The van der Waals surface area contributed by atoms with E-state index in [0.717, 1.165) is 30.5 Å². The molecule has 0 saturated heterocycles. The summed E-state index contributed by atoms with van der Waals surface area (Å²) >= 11 is 3.50. The molecular weight excluding hydrogens is 403 g/mol. The van der Waals surface area contributed by atoms with E-state index in [0.29, 0.717) is 0 Å². The molecule has 2 rings (SSSR count). The fourth-order valence-electron chi connectivity index (χ4n) is 1.64. The van der Waals surface area contributed by atoms with Crippen molar-refractivity contribution in [3.05, 3.63) is 38.5 Å². The van der Waals surface area contributed by atoms with Crippen molar-refractivity contribution < 1.29 is 0 Å². The van der Waals surface area contributed by atoms with E-state index in [4.69, 9.17) is 0 Å². The average Bonchev–Trinajstić information content (AvgIpc) is 3.05. The van der Waals surface area contributed by atoms with E-state index < -0.39 is 0 Å². The minimum Gasteiger partial charge on any atom is -0.356 e. The van der Waals surface area contributed by atoms with Gasteiger partial charge in [0.25, 0.3) is 0 Å². The Morgan fingerprint density at radius 1 is 1.35 bits per heavy atom. The molecule has 110 valence electrons. The summed E-state index contributed by atoms with van der Waals surface area (Å²) in [5, 5.41) is 9.81. The first kappa shape index (κ1) is 17.4. The summed E-state index contributed by atoms with van der Waals surface area (Å²) in [6.07, 6.45) is 2.93. The summed E-state index contributed by atoms with van der Waals surface area (Å²) in [5.41, 5.74) is 0. The molecule has 2 N–H and O–H groups in total. The van der Waals surface area contributed by atoms with Crippen LogP contribution in [0.25, 0.3) is 0 Å². The van der Waals surface area contributed by atoms with Gasteiger partial charge in [0.05, 0.1) is 11.6 Å². The van der Waals surface area contributed by atoms with E-state index in [1.54, 1.807) is 29.7 Å². The van der Waals surface area contributed by atoms with Crippen LogP contribution in [0.5, 0.6) is 0 Å². The highest BCUT2D eigenvalue weighted by Gasteiger charge is 2.01. The molecular formula is C13H19IN4S2. The smallest absolute Gasteiger partial charge is 0.191 e. The third-order valence-corrected chi connectivity index (χ3v) is 4.42. The van der Waals surface area contributed by atoms with Gasteiger partial charge in [-0.25, -0.2) is 4.98 Å². The van der Waals surface area contributed by atoms with E-state index in [1.807, 2.05) is 13.1 Å². The van der Waals surface area contributed by atoms with E-state index >= 15 is 0 Å². The van der Waals surface area contributed by atoms with Crippen LogP contribution in [0.3, 0.4) is 0 Å². The molecule has 0 unspecified atom stereocenters. The maximum Gasteiger partial charge on any atom is 0.191 e. The predicted molar refractivity (Wildman–Crippen MR) is 98.5 cm³/mol. The number of aryl methyl sites for hydroxylation is 1. The van der Waals surface area contributed by atoms with Crippen molar-refractivity contribution in [1.29, 1.82) is 0 Å². The van der Waals surface area contributed by atoms with Crippen molar-refractivity contribution in [2.75, 3.05) is 13.6 Å². The van der Waals surface area contributed by atoms with E-state index in [1.165, 1.54) is 9.75 Å². The zero-order valence-electron chi connectivity index (χ0n) is 11.5. The van der Waals surface area contributed by atoms with Crippen LogP contribution >= 0.6 is 46.7 Å². The van der Waals surface area contributed by atoms with Crippen molar-refractivity contribution in [2.45, 2.75) is 19.9 Å². The Morgan fingerprint density at radius 3 is 2.80 bits per heavy atom. The molecule has 2 aromatic heterocycles. The van der Waals surface area contributed by atoms with E-state index in [2.05, 4.69) is 38.1 Å². The molecule has 0 bridgehead atoms. The third-order valence-electron chi connectivity index (χ3n) is 2.57. The highest BCUT2D eigenvalue weighted by molar-refractivity contribution is 14.0. The minimum atomic E-state index is 0. The molecule has 7 heteroatoms. The van der Waals surface area contributed by atoms with Gasteiger partial charge in [-0.3, -0.25) is 4.99 Å². The van der Waals surface area contributed by atoms with Gasteiger partial charge in [-0.1, -0.05) is 6.07 Å². The molecule has 0 aliphatic carbocycles. The molecule has 0 aliphatic heterocycles. The maximum absolute atomic E-state index is 4.24. The second-order valence-electron chi connectivity index (χ2n) is 4.03. The first-order chi connectivity index (χ1) is 9.28. The lowest BCUT2D eigenvalue weighted by molar-refractivity contribution is 0.803. The van der Waals surface area contributed by atoms with Gasteiger partial charge < -0.3 is 10.6 Å². The standard InChI is InChI=1S/C13H18N4S2.HI/c1-10-16-8-12(19-10)9-17-13(14-2)15-6-5-11-4-3-7-18-11;/h3-4,7-8H,5-6,9H2,1-2H3,(H2,14,15,17);1H. The highest BCUT2D eigenvalue weighted by Crippen LogP contribution is 2.10. The number of thiophene rings is 1. The van der Waals surface area contributed by atoms with Gasteiger partial charge in [-0.2, -0.15) is 0 Å². The lowest BCUT2D eigenvalue weighted by Gasteiger charge is -2.10. The fourth-order valence-corrected chi connectivity index (χ4v) is 3.08. The zero-order valence-corrected chi connectivity index (χ0v) is 15.5. The summed E-state index contributed by atoms with van der Waals surface area (Å²) in [7, 11) is 1.79. The topological polar surface area (TPSA) is 49.3 Å². The summed E-state index contributed by atoms with van der Waals surface area (Å²) in [6.45, 7) is 3.67. The third kappa shape index (κ3) is 5.76. The van der Waals surface area contributed by atoms with Crippen molar-refractivity contribution in [1.82, 2.24) is 15.6 Å². The van der Waals surface area contributed by atoms with Crippen LogP contribution in [0.15, 0.2) is 28.7 Å². The molecule has 0 radical (unpaired) electrons. The van der Waals surface area contributed by atoms with Crippen LogP contribution in [0.1, 0.15) is 14.8 Å². The highest BCUT2D eigenvalue weighted by atomic mass is 127. The number of aliphatic imine (C=N–C) groups is 1. The van der Waals surface area contributed by atoms with Crippen molar-refractivity contribution in [2.24, 2.45) is 4.99 Å². The molecule has 0 saturated carbocycles. The normalized spacial score (nSPS) is 11.0. The number of hydrogen-bond donors (Lipinski definition) is 2. The maximum atomic E-state index is 4.24. The average molecular weight is 422 g/mol. The molecule has 0 fully saturated rings. The number of thiazole rings is 1. The lowest BCUT2D eigenvalue weighted by atomic mass is 10.3. The molecule has 2 aromatic rings. The summed E-state index contributed by atoms with van der Waals surface area (Å²) in [5.74, 6) is 0.836. The molecule has 0 aliphatic rings. The first-order valence-corrected chi connectivity index (χ1v) is 7.86. The van der Waals surface area contributed by atoms with Crippen molar-refractivity contribution in [3.8, 4) is 0 Å². The van der Waals surface area contributed by atoms with Gasteiger partial charge in [-0.15, -0.1) is 46.7 Å². The number of aromatic nitrogens is 1. The number of guanidine groups is 1. The van der Waals surface area contributed by atoms with E-state index in [-0.39, 0.29) is 24.0 Å². The molecule has 4 nitrogen and oxygen atoms in total. The van der Waals surface area contributed by atoms with Gasteiger partial charge in [0.15, 0.2) is 5.96 Å². The van der Waals surface area contributed by atoms with Gasteiger partial charge >= 0.3 is 0 Å². The number of halogens is 1. The van der Waals surface area contributed by atoms with Crippen molar-refractivity contribution >= 4 is 52.6 Å². The molecule has 20 heavy (non-hydrogen) atoms. The van der Waals surface area contributed by atoms with Crippen LogP contribution in [-0.2, 0) is 13.0 Å². The van der Waals surface area contributed by atoms with Gasteiger partial charge in [0.2, 0.25) is 0 Å². The fraction of sp³-hybridized carbons (Fsp3) is 0.385.